The van der Waals surface area contributed by atoms with Crippen molar-refractivity contribution in [2.75, 3.05) is 18.1 Å². The molecule has 0 amide bonds. The summed E-state index contributed by atoms with van der Waals surface area (Å²) in [6.45, 7) is 0.801. The third kappa shape index (κ3) is 4.17. The summed E-state index contributed by atoms with van der Waals surface area (Å²) < 4.78 is 11.8. The molecular formula is C11H15IO2. The van der Waals surface area contributed by atoms with Crippen molar-refractivity contribution in [2.24, 2.45) is 0 Å². The molecule has 0 saturated carbocycles. The van der Waals surface area contributed by atoms with Crippen LogP contribution in [0.1, 0.15) is 12.8 Å². The first kappa shape index (κ1) is 11.6. The van der Waals surface area contributed by atoms with E-state index >= 15 is 0 Å². The van der Waals surface area contributed by atoms with Crippen LogP contribution in [0.15, 0.2) is 24.3 Å². The number of hydrogen-bond donors (Lipinski definition) is 0. The lowest BCUT2D eigenvalue weighted by Crippen LogP contribution is -1.97. The van der Waals surface area contributed by atoms with E-state index in [0.29, 0.717) is 0 Å². The van der Waals surface area contributed by atoms with Crippen LogP contribution in [0.2, 0.25) is 0 Å². The second-order valence-corrected chi connectivity index (χ2v) is 4.00. The maximum absolute atomic E-state index is 5.55. The lowest BCUT2D eigenvalue weighted by Gasteiger charge is -2.05. The van der Waals surface area contributed by atoms with E-state index in [4.69, 9.17) is 9.47 Å². The molecule has 0 radical (unpaired) electrons. The summed E-state index contributed by atoms with van der Waals surface area (Å²) in [6.07, 6.45) is 2.34. The van der Waals surface area contributed by atoms with Crippen LogP contribution in [0.5, 0.6) is 11.5 Å². The van der Waals surface area contributed by atoms with Crippen molar-refractivity contribution >= 4 is 22.6 Å². The van der Waals surface area contributed by atoms with Crippen molar-refractivity contribution in [1.82, 2.24) is 0 Å². The van der Waals surface area contributed by atoms with Gasteiger partial charge in [-0.05, 0) is 41.5 Å². The fraction of sp³-hybridized carbons (Fsp3) is 0.455. The van der Waals surface area contributed by atoms with Crippen LogP contribution in [0.25, 0.3) is 0 Å². The van der Waals surface area contributed by atoms with Gasteiger partial charge in [0.25, 0.3) is 0 Å². The van der Waals surface area contributed by atoms with Gasteiger partial charge < -0.3 is 9.47 Å². The second kappa shape index (κ2) is 6.92. The Kier molecular flexibility index (Phi) is 5.75. The van der Waals surface area contributed by atoms with Gasteiger partial charge in [-0.3, -0.25) is 0 Å². The first-order chi connectivity index (χ1) is 6.86. The maximum atomic E-state index is 5.55. The summed E-state index contributed by atoms with van der Waals surface area (Å²) in [7, 11) is 1.66. The minimum absolute atomic E-state index is 0.801. The topological polar surface area (TPSA) is 18.5 Å². The Morgan fingerprint density at radius 2 is 1.71 bits per heavy atom. The Labute approximate surface area is 98.7 Å². The van der Waals surface area contributed by atoms with Crippen LogP contribution in [-0.4, -0.2) is 18.1 Å². The SMILES string of the molecule is COc1ccc(OCCCCI)cc1. The van der Waals surface area contributed by atoms with E-state index < -0.39 is 0 Å². The van der Waals surface area contributed by atoms with Crippen LogP contribution in [0.3, 0.4) is 0 Å². The number of alkyl halides is 1. The molecule has 14 heavy (non-hydrogen) atoms. The Bertz CT molecular complexity index is 246. The van der Waals surface area contributed by atoms with Crippen molar-refractivity contribution in [3.63, 3.8) is 0 Å². The van der Waals surface area contributed by atoms with E-state index in [2.05, 4.69) is 22.6 Å². The van der Waals surface area contributed by atoms with Gasteiger partial charge in [0.05, 0.1) is 13.7 Å². The number of halogens is 1. The van der Waals surface area contributed by atoms with E-state index in [1.165, 1.54) is 10.8 Å². The molecule has 0 N–H and O–H groups in total. The standard InChI is InChI=1S/C11H15IO2/c1-13-10-4-6-11(7-5-10)14-9-3-2-8-12/h4-7H,2-3,8-9H2,1H3. The van der Waals surface area contributed by atoms with Crippen LogP contribution < -0.4 is 9.47 Å². The Morgan fingerprint density at radius 3 is 2.29 bits per heavy atom. The lowest BCUT2D eigenvalue weighted by atomic mass is 10.3. The van der Waals surface area contributed by atoms with Crippen molar-refractivity contribution in [3.05, 3.63) is 24.3 Å². The van der Waals surface area contributed by atoms with E-state index in [1.54, 1.807) is 7.11 Å². The summed E-state index contributed by atoms with van der Waals surface area (Å²) in [4.78, 5) is 0. The molecule has 0 fully saturated rings. The first-order valence-corrected chi connectivity index (χ1v) is 6.22. The highest BCUT2D eigenvalue weighted by Crippen LogP contribution is 2.17. The van der Waals surface area contributed by atoms with Crippen LogP contribution in [0.4, 0.5) is 0 Å². The molecule has 1 aromatic carbocycles. The van der Waals surface area contributed by atoms with E-state index in [1.807, 2.05) is 24.3 Å². The van der Waals surface area contributed by atoms with Gasteiger partial charge in [0.2, 0.25) is 0 Å². The van der Waals surface area contributed by atoms with Crippen molar-refractivity contribution in [3.8, 4) is 11.5 Å². The average molecular weight is 306 g/mol. The van der Waals surface area contributed by atoms with Gasteiger partial charge in [0, 0.05) is 0 Å². The summed E-state index contributed by atoms with van der Waals surface area (Å²) in [5.74, 6) is 1.78. The normalized spacial score (nSPS) is 9.86. The number of unbranched alkanes of at least 4 members (excludes halogenated alkanes) is 1. The lowest BCUT2D eigenvalue weighted by molar-refractivity contribution is 0.309. The van der Waals surface area contributed by atoms with E-state index in [-0.39, 0.29) is 0 Å². The van der Waals surface area contributed by atoms with Crippen molar-refractivity contribution < 1.29 is 9.47 Å². The molecule has 0 aliphatic rings. The van der Waals surface area contributed by atoms with Gasteiger partial charge in [-0.1, -0.05) is 22.6 Å². The zero-order chi connectivity index (χ0) is 10.2. The number of rotatable bonds is 6. The zero-order valence-electron chi connectivity index (χ0n) is 8.33. The molecule has 1 rings (SSSR count). The minimum Gasteiger partial charge on any atom is -0.497 e. The third-order valence-corrected chi connectivity index (χ3v) is 2.62. The molecular weight excluding hydrogens is 291 g/mol. The fourth-order valence-corrected chi connectivity index (χ4v) is 1.60. The van der Waals surface area contributed by atoms with Crippen LogP contribution >= 0.6 is 22.6 Å². The molecule has 2 nitrogen and oxygen atoms in total. The van der Waals surface area contributed by atoms with Crippen LogP contribution in [-0.2, 0) is 0 Å². The van der Waals surface area contributed by atoms with Crippen LogP contribution in [0, 0.1) is 0 Å². The van der Waals surface area contributed by atoms with E-state index in [0.717, 1.165) is 24.5 Å². The molecule has 78 valence electrons. The highest BCUT2D eigenvalue weighted by atomic mass is 127. The number of hydrogen-bond acceptors (Lipinski definition) is 2. The number of ether oxygens (including phenoxy) is 2. The quantitative estimate of drug-likeness (QED) is 0.456. The molecule has 0 aliphatic carbocycles. The zero-order valence-corrected chi connectivity index (χ0v) is 10.5. The molecule has 0 bridgehead atoms. The van der Waals surface area contributed by atoms with Gasteiger partial charge in [-0.25, -0.2) is 0 Å². The first-order valence-electron chi connectivity index (χ1n) is 4.69. The minimum atomic E-state index is 0.801. The van der Waals surface area contributed by atoms with Crippen molar-refractivity contribution in [2.45, 2.75) is 12.8 Å². The fourth-order valence-electron chi connectivity index (χ4n) is 1.06. The predicted molar refractivity (Wildman–Crippen MR) is 66.6 cm³/mol. The molecule has 0 spiro atoms. The smallest absolute Gasteiger partial charge is 0.119 e. The Balaban J connectivity index is 2.29. The molecule has 1 aromatic rings. The largest absolute Gasteiger partial charge is 0.497 e. The molecule has 0 atom stereocenters. The van der Waals surface area contributed by atoms with Gasteiger partial charge in [0.1, 0.15) is 11.5 Å². The highest BCUT2D eigenvalue weighted by molar-refractivity contribution is 14.1. The molecule has 0 saturated heterocycles. The number of methoxy groups -OCH3 is 1. The molecule has 0 unspecified atom stereocenters. The molecule has 0 aromatic heterocycles. The Hall–Kier alpha value is -0.450. The predicted octanol–water partition coefficient (Wildman–Crippen LogP) is 3.29. The molecule has 0 aliphatic heterocycles. The maximum Gasteiger partial charge on any atom is 0.119 e. The average Bonchev–Trinajstić information content (AvgIpc) is 2.25. The Morgan fingerprint density at radius 1 is 1.07 bits per heavy atom. The second-order valence-electron chi connectivity index (χ2n) is 2.92. The summed E-state index contributed by atoms with van der Waals surface area (Å²) in [5.41, 5.74) is 0. The highest BCUT2D eigenvalue weighted by Gasteiger charge is 1.94. The van der Waals surface area contributed by atoms with Gasteiger partial charge in [-0.2, -0.15) is 0 Å². The summed E-state index contributed by atoms with van der Waals surface area (Å²) in [5, 5.41) is 0. The monoisotopic (exact) mass is 306 g/mol. The summed E-state index contributed by atoms with van der Waals surface area (Å²) >= 11 is 2.38. The third-order valence-electron chi connectivity index (χ3n) is 1.86. The van der Waals surface area contributed by atoms with Crippen molar-refractivity contribution in [1.29, 1.82) is 0 Å². The number of benzene rings is 1. The molecule has 3 heteroatoms. The van der Waals surface area contributed by atoms with Gasteiger partial charge >= 0.3 is 0 Å². The summed E-state index contributed by atoms with van der Waals surface area (Å²) in [6, 6.07) is 7.69. The van der Waals surface area contributed by atoms with Gasteiger partial charge in [0.15, 0.2) is 0 Å². The van der Waals surface area contributed by atoms with E-state index in [9.17, 15) is 0 Å². The molecule has 0 heterocycles. The van der Waals surface area contributed by atoms with Gasteiger partial charge in [-0.15, -0.1) is 0 Å².